The molecule has 106 valence electrons. The minimum Gasteiger partial charge on any atom is -0.377 e. The maximum Gasteiger partial charge on any atom is 0.147 e. The fourth-order valence-corrected chi connectivity index (χ4v) is 2.04. The molecule has 0 saturated carbocycles. The highest BCUT2D eigenvalue weighted by atomic mass is 35.5. The summed E-state index contributed by atoms with van der Waals surface area (Å²) in [7, 11) is 0. The molecule has 0 spiro atoms. The molecule has 0 aliphatic heterocycles. The number of hydrogen-bond donors (Lipinski definition) is 1. The Morgan fingerprint density at radius 3 is 2.71 bits per heavy atom. The zero-order valence-electron chi connectivity index (χ0n) is 11.0. The Balaban J connectivity index is 1.70. The van der Waals surface area contributed by atoms with E-state index in [4.69, 9.17) is 11.6 Å². The summed E-state index contributed by atoms with van der Waals surface area (Å²) < 4.78 is 13.6. The lowest BCUT2D eigenvalue weighted by molar-refractivity contribution is 0.630. The molecule has 0 saturated heterocycles. The first-order valence-electron chi connectivity index (χ1n) is 6.38. The third kappa shape index (κ3) is 3.20. The second-order valence-corrected chi connectivity index (χ2v) is 4.88. The number of aromatic nitrogens is 3. The van der Waals surface area contributed by atoms with Crippen LogP contribution in [0.4, 0.5) is 10.1 Å². The average molecular weight is 303 g/mol. The smallest absolute Gasteiger partial charge is 0.147 e. The Labute approximate surface area is 126 Å². The minimum atomic E-state index is -0.391. The number of hydrogen-bond acceptors (Lipinski definition) is 3. The Kier molecular flexibility index (Phi) is 3.83. The summed E-state index contributed by atoms with van der Waals surface area (Å²) in [4.78, 5) is 1.54. The number of para-hydroxylation sites is 1. The van der Waals surface area contributed by atoms with E-state index < -0.39 is 5.82 Å². The van der Waals surface area contributed by atoms with E-state index in [2.05, 4.69) is 15.5 Å². The summed E-state index contributed by atoms with van der Waals surface area (Å²) in [6.45, 7) is 0.380. The Hall–Kier alpha value is -2.40. The van der Waals surface area contributed by atoms with Crippen molar-refractivity contribution in [3.63, 3.8) is 0 Å². The second kappa shape index (κ2) is 5.93. The van der Waals surface area contributed by atoms with Crippen molar-refractivity contribution in [2.45, 2.75) is 6.54 Å². The number of anilines is 1. The van der Waals surface area contributed by atoms with Crippen molar-refractivity contribution in [2.24, 2.45) is 0 Å². The number of rotatable bonds is 4. The first-order chi connectivity index (χ1) is 10.2. The molecule has 0 bridgehead atoms. The van der Waals surface area contributed by atoms with Crippen molar-refractivity contribution in [2.75, 3.05) is 5.32 Å². The molecule has 6 heteroatoms. The third-order valence-corrected chi connectivity index (χ3v) is 3.15. The van der Waals surface area contributed by atoms with E-state index in [9.17, 15) is 4.39 Å². The molecule has 0 aliphatic carbocycles. The van der Waals surface area contributed by atoms with Crippen LogP contribution in [-0.2, 0) is 6.54 Å². The van der Waals surface area contributed by atoms with Crippen LogP contribution in [0.15, 0.2) is 54.7 Å². The van der Waals surface area contributed by atoms with Crippen molar-refractivity contribution in [3.8, 4) is 5.69 Å². The summed E-state index contributed by atoms with van der Waals surface area (Å²) in [5, 5.41) is 11.9. The van der Waals surface area contributed by atoms with Crippen LogP contribution in [0, 0.1) is 5.82 Å². The zero-order chi connectivity index (χ0) is 14.7. The van der Waals surface area contributed by atoms with Crippen molar-refractivity contribution in [3.05, 3.63) is 71.3 Å². The Morgan fingerprint density at radius 2 is 1.95 bits per heavy atom. The van der Waals surface area contributed by atoms with Crippen LogP contribution < -0.4 is 5.32 Å². The SMILES string of the molecule is Fc1cc(Cl)ccc1NCc1cnn(-c2ccccc2)n1. The molecular formula is C15H12ClFN4. The fourth-order valence-electron chi connectivity index (χ4n) is 1.88. The van der Waals surface area contributed by atoms with Gasteiger partial charge in [0, 0.05) is 5.02 Å². The number of nitrogens with zero attached hydrogens (tertiary/aromatic N) is 3. The van der Waals surface area contributed by atoms with Gasteiger partial charge in [-0.05, 0) is 30.3 Å². The maximum atomic E-state index is 13.6. The molecule has 2 aromatic carbocycles. The van der Waals surface area contributed by atoms with Gasteiger partial charge >= 0.3 is 0 Å². The van der Waals surface area contributed by atoms with Crippen LogP contribution in [0.25, 0.3) is 5.69 Å². The van der Waals surface area contributed by atoms with Crippen LogP contribution in [0.5, 0.6) is 0 Å². The normalized spacial score (nSPS) is 10.6. The lowest BCUT2D eigenvalue weighted by atomic mass is 10.3. The van der Waals surface area contributed by atoms with Gasteiger partial charge in [-0.25, -0.2) is 4.39 Å². The van der Waals surface area contributed by atoms with E-state index in [1.165, 1.54) is 10.9 Å². The minimum absolute atomic E-state index is 0.369. The van der Waals surface area contributed by atoms with Crippen molar-refractivity contribution in [1.29, 1.82) is 0 Å². The molecule has 3 rings (SSSR count). The summed E-state index contributed by atoms with van der Waals surface area (Å²) >= 11 is 5.71. The van der Waals surface area contributed by atoms with Crippen LogP contribution in [0.2, 0.25) is 5.02 Å². The summed E-state index contributed by atoms with van der Waals surface area (Å²) in [5.41, 5.74) is 1.98. The zero-order valence-corrected chi connectivity index (χ0v) is 11.8. The predicted molar refractivity (Wildman–Crippen MR) is 80.1 cm³/mol. The van der Waals surface area contributed by atoms with E-state index in [1.807, 2.05) is 30.3 Å². The molecule has 0 radical (unpaired) electrons. The standard InChI is InChI=1S/C15H12ClFN4/c16-11-6-7-15(14(17)8-11)18-9-12-10-19-21(20-12)13-4-2-1-3-5-13/h1-8,10,18H,9H2. The number of halogens is 2. The summed E-state index contributed by atoms with van der Waals surface area (Å²) in [6.07, 6.45) is 1.65. The van der Waals surface area contributed by atoms with Gasteiger partial charge in [0.05, 0.1) is 24.1 Å². The first-order valence-corrected chi connectivity index (χ1v) is 6.76. The van der Waals surface area contributed by atoms with Crippen LogP contribution in [-0.4, -0.2) is 15.0 Å². The molecule has 0 unspecified atom stereocenters. The van der Waals surface area contributed by atoms with Crippen LogP contribution in [0.1, 0.15) is 5.69 Å². The highest BCUT2D eigenvalue weighted by Gasteiger charge is 2.05. The molecule has 21 heavy (non-hydrogen) atoms. The van der Waals surface area contributed by atoms with Gasteiger partial charge in [-0.15, -0.1) is 0 Å². The molecular weight excluding hydrogens is 291 g/mol. The lowest BCUT2D eigenvalue weighted by Crippen LogP contribution is -2.03. The van der Waals surface area contributed by atoms with Gasteiger partial charge in [0.15, 0.2) is 0 Å². The van der Waals surface area contributed by atoms with Gasteiger partial charge < -0.3 is 5.32 Å². The van der Waals surface area contributed by atoms with Gasteiger partial charge in [-0.2, -0.15) is 15.0 Å². The predicted octanol–water partition coefficient (Wildman–Crippen LogP) is 3.67. The van der Waals surface area contributed by atoms with E-state index in [0.717, 1.165) is 5.69 Å². The van der Waals surface area contributed by atoms with E-state index >= 15 is 0 Å². The van der Waals surface area contributed by atoms with Gasteiger partial charge in [0.2, 0.25) is 0 Å². The molecule has 1 heterocycles. The lowest BCUT2D eigenvalue weighted by Gasteiger charge is -2.05. The van der Waals surface area contributed by atoms with Crippen molar-refractivity contribution < 1.29 is 4.39 Å². The van der Waals surface area contributed by atoms with Gasteiger partial charge in [-0.1, -0.05) is 29.8 Å². The van der Waals surface area contributed by atoms with Gasteiger partial charge in [-0.3, -0.25) is 0 Å². The van der Waals surface area contributed by atoms with Crippen molar-refractivity contribution in [1.82, 2.24) is 15.0 Å². The van der Waals surface area contributed by atoms with Crippen LogP contribution >= 0.6 is 11.6 Å². The molecule has 0 amide bonds. The fraction of sp³-hybridized carbons (Fsp3) is 0.0667. The largest absolute Gasteiger partial charge is 0.377 e. The third-order valence-electron chi connectivity index (χ3n) is 2.92. The average Bonchev–Trinajstić information content (AvgIpc) is 2.96. The summed E-state index contributed by atoms with van der Waals surface area (Å²) in [5.74, 6) is -0.391. The highest BCUT2D eigenvalue weighted by molar-refractivity contribution is 6.30. The van der Waals surface area contributed by atoms with Crippen LogP contribution in [0.3, 0.4) is 0 Å². The molecule has 0 aliphatic rings. The maximum absolute atomic E-state index is 13.6. The monoisotopic (exact) mass is 302 g/mol. The second-order valence-electron chi connectivity index (χ2n) is 4.44. The highest BCUT2D eigenvalue weighted by Crippen LogP contribution is 2.19. The molecule has 4 nitrogen and oxygen atoms in total. The Morgan fingerprint density at radius 1 is 1.14 bits per heavy atom. The Bertz CT molecular complexity index is 742. The molecule has 1 N–H and O–H groups in total. The number of nitrogens with one attached hydrogen (secondary N) is 1. The quantitative estimate of drug-likeness (QED) is 0.799. The summed E-state index contributed by atoms with van der Waals surface area (Å²) in [6, 6.07) is 14.1. The van der Waals surface area contributed by atoms with Crippen molar-refractivity contribution >= 4 is 17.3 Å². The first kappa shape index (κ1) is 13.6. The molecule has 0 atom stereocenters. The molecule has 1 aromatic heterocycles. The molecule has 3 aromatic rings. The van der Waals surface area contributed by atoms with E-state index in [1.54, 1.807) is 18.3 Å². The van der Waals surface area contributed by atoms with Gasteiger partial charge in [0.25, 0.3) is 0 Å². The van der Waals surface area contributed by atoms with E-state index in [0.29, 0.717) is 22.9 Å². The molecule has 0 fully saturated rings. The van der Waals surface area contributed by atoms with E-state index in [-0.39, 0.29) is 0 Å². The van der Waals surface area contributed by atoms with Gasteiger partial charge in [0.1, 0.15) is 11.5 Å². The number of benzene rings is 2. The topological polar surface area (TPSA) is 42.7 Å².